The Kier molecular flexibility index (Phi) is 5.96. The van der Waals surface area contributed by atoms with Crippen molar-refractivity contribution in [2.45, 2.75) is 33.1 Å². The molecule has 5 nitrogen and oxygen atoms in total. The Labute approximate surface area is 159 Å². The summed E-state index contributed by atoms with van der Waals surface area (Å²) in [4.78, 5) is 4.47. The minimum absolute atomic E-state index is 0.191. The van der Waals surface area contributed by atoms with Crippen LogP contribution >= 0.6 is 0 Å². The molecule has 0 saturated carbocycles. The molecule has 0 fully saturated rings. The first-order chi connectivity index (χ1) is 13.0. The Bertz CT molecular complexity index is 911. The maximum absolute atomic E-state index is 13.7. The van der Waals surface area contributed by atoms with E-state index in [0.717, 1.165) is 11.3 Å². The number of aromatic nitrogens is 3. The van der Waals surface area contributed by atoms with E-state index in [1.165, 1.54) is 11.6 Å². The molecule has 0 amide bonds. The summed E-state index contributed by atoms with van der Waals surface area (Å²) in [5, 5.41) is 14.6. The van der Waals surface area contributed by atoms with Crippen LogP contribution in [0.3, 0.4) is 0 Å². The van der Waals surface area contributed by atoms with Crippen LogP contribution in [-0.2, 0) is 6.42 Å². The highest BCUT2D eigenvalue weighted by molar-refractivity contribution is 5.64. The van der Waals surface area contributed by atoms with Gasteiger partial charge in [-0.1, -0.05) is 50.2 Å². The van der Waals surface area contributed by atoms with Crippen molar-refractivity contribution in [3.8, 4) is 0 Å². The van der Waals surface area contributed by atoms with Crippen LogP contribution in [0.5, 0.6) is 0 Å². The van der Waals surface area contributed by atoms with Gasteiger partial charge in [0.25, 0.3) is 0 Å². The monoisotopic (exact) mass is 365 g/mol. The van der Waals surface area contributed by atoms with Crippen molar-refractivity contribution in [3.05, 3.63) is 71.2 Å². The summed E-state index contributed by atoms with van der Waals surface area (Å²) in [6.07, 6.45) is 2.13. The molecule has 0 aliphatic rings. The second-order valence-corrected chi connectivity index (χ2v) is 6.75. The molecule has 0 aliphatic heterocycles. The molecule has 0 saturated heterocycles. The zero-order valence-corrected chi connectivity index (χ0v) is 15.8. The number of hydrogen-bond donors (Lipinski definition) is 2. The number of benzene rings is 2. The van der Waals surface area contributed by atoms with Gasteiger partial charge in [-0.25, -0.2) is 4.39 Å². The van der Waals surface area contributed by atoms with Crippen molar-refractivity contribution >= 4 is 17.5 Å². The van der Waals surface area contributed by atoms with Crippen LogP contribution in [0.1, 0.15) is 36.5 Å². The Morgan fingerprint density at radius 1 is 1.07 bits per heavy atom. The first-order valence-corrected chi connectivity index (χ1v) is 9.08. The average Bonchev–Trinajstić information content (AvgIpc) is 2.65. The summed E-state index contributed by atoms with van der Waals surface area (Å²) in [5.74, 6) is 1.22. The molecule has 0 unspecified atom stereocenters. The molecule has 2 N–H and O–H groups in total. The molecule has 3 aromatic rings. The van der Waals surface area contributed by atoms with Crippen LogP contribution in [0.25, 0.3) is 0 Å². The lowest BCUT2D eigenvalue weighted by Gasteiger charge is -2.16. The zero-order chi connectivity index (χ0) is 19.2. The topological polar surface area (TPSA) is 62.7 Å². The molecule has 140 valence electrons. The fourth-order valence-corrected chi connectivity index (χ4v) is 2.92. The lowest BCUT2D eigenvalue weighted by Crippen LogP contribution is -2.10. The number of nitrogens with one attached hydrogen (secondary N) is 2. The van der Waals surface area contributed by atoms with Crippen molar-refractivity contribution in [1.29, 1.82) is 0 Å². The zero-order valence-electron chi connectivity index (χ0n) is 15.8. The molecule has 0 spiro atoms. The highest BCUT2D eigenvalue weighted by Gasteiger charge is 2.11. The fourth-order valence-electron chi connectivity index (χ4n) is 2.92. The number of para-hydroxylation sites is 1. The van der Waals surface area contributed by atoms with Crippen molar-refractivity contribution in [1.82, 2.24) is 15.2 Å². The summed E-state index contributed by atoms with van der Waals surface area (Å²) in [7, 11) is 0. The molecule has 1 aromatic heterocycles. The molecule has 27 heavy (non-hydrogen) atoms. The number of nitrogens with zero attached hydrogens (tertiary/aromatic N) is 3. The summed E-state index contributed by atoms with van der Waals surface area (Å²) in [5.41, 5.74) is 4.02. The first kappa shape index (κ1) is 18.8. The third-order valence-electron chi connectivity index (χ3n) is 4.38. The van der Waals surface area contributed by atoms with Gasteiger partial charge < -0.3 is 10.6 Å². The molecular formula is C21H24FN5. The standard InChI is InChI=1S/C21H24FN5/c1-14(2)17-9-6-7-15(3)20(17)26-21-25-19(13-24-27-21)23-12-11-16-8-4-5-10-18(16)22/h4-10,13-14H,11-12H2,1-3H3,(H2,23,25,26,27). The molecular weight excluding hydrogens is 341 g/mol. The summed E-state index contributed by atoms with van der Waals surface area (Å²) >= 11 is 0. The first-order valence-electron chi connectivity index (χ1n) is 9.08. The number of halogens is 1. The minimum Gasteiger partial charge on any atom is -0.368 e. The molecule has 6 heteroatoms. The van der Waals surface area contributed by atoms with E-state index < -0.39 is 0 Å². The lowest BCUT2D eigenvalue weighted by atomic mass is 9.98. The maximum atomic E-state index is 13.7. The molecule has 3 rings (SSSR count). The number of hydrogen-bond acceptors (Lipinski definition) is 5. The quantitative estimate of drug-likeness (QED) is 0.627. The molecule has 0 aliphatic carbocycles. The average molecular weight is 365 g/mol. The Hall–Kier alpha value is -3.02. The fraction of sp³-hybridized carbons (Fsp3) is 0.286. The second-order valence-electron chi connectivity index (χ2n) is 6.75. The predicted octanol–water partition coefficient (Wildman–Crippen LogP) is 4.84. The molecule has 1 heterocycles. The molecule has 0 radical (unpaired) electrons. The molecule has 0 bridgehead atoms. The minimum atomic E-state index is -0.191. The Morgan fingerprint density at radius 2 is 1.89 bits per heavy atom. The second kappa shape index (κ2) is 8.58. The van der Waals surface area contributed by atoms with Gasteiger partial charge in [0, 0.05) is 12.2 Å². The van der Waals surface area contributed by atoms with E-state index in [1.54, 1.807) is 18.3 Å². The van der Waals surface area contributed by atoms with Crippen molar-refractivity contribution < 1.29 is 4.39 Å². The normalized spacial score (nSPS) is 10.9. The van der Waals surface area contributed by atoms with Gasteiger partial charge in [-0.15, -0.1) is 5.10 Å². The number of aryl methyl sites for hydroxylation is 1. The van der Waals surface area contributed by atoms with Gasteiger partial charge in [0.2, 0.25) is 5.95 Å². The number of anilines is 3. The van der Waals surface area contributed by atoms with Gasteiger partial charge in [-0.3, -0.25) is 0 Å². The Balaban J connectivity index is 1.69. The van der Waals surface area contributed by atoms with Crippen LogP contribution in [-0.4, -0.2) is 21.7 Å². The largest absolute Gasteiger partial charge is 0.368 e. The van der Waals surface area contributed by atoms with E-state index in [1.807, 2.05) is 6.07 Å². The van der Waals surface area contributed by atoms with Crippen molar-refractivity contribution in [2.75, 3.05) is 17.2 Å². The van der Waals surface area contributed by atoms with E-state index in [-0.39, 0.29) is 5.82 Å². The predicted molar refractivity (Wildman–Crippen MR) is 107 cm³/mol. The van der Waals surface area contributed by atoms with Gasteiger partial charge in [-0.2, -0.15) is 10.1 Å². The van der Waals surface area contributed by atoms with E-state index in [9.17, 15) is 4.39 Å². The van der Waals surface area contributed by atoms with Gasteiger partial charge in [0.15, 0.2) is 5.82 Å². The van der Waals surface area contributed by atoms with Gasteiger partial charge in [-0.05, 0) is 42.0 Å². The molecule has 2 aromatic carbocycles. The SMILES string of the molecule is Cc1cccc(C(C)C)c1Nc1nncc(NCCc2ccccc2F)n1. The maximum Gasteiger partial charge on any atom is 0.249 e. The summed E-state index contributed by atoms with van der Waals surface area (Å²) in [6, 6.07) is 13.0. The third-order valence-corrected chi connectivity index (χ3v) is 4.38. The van der Waals surface area contributed by atoms with Crippen LogP contribution in [0.4, 0.5) is 21.8 Å². The van der Waals surface area contributed by atoms with Gasteiger partial charge >= 0.3 is 0 Å². The van der Waals surface area contributed by atoms with E-state index in [2.05, 4.69) is 64.8 Å². The molecule has 0 atom stereocenters. The van der Waals surface area contributed by atoms with E-state index in [0.29, 0.717) is 36.2 Å². The van der Waals surface area contributed by atoms with E-state index >= 15 is 0 Å². The smallest absolute Gasteiger partial charge is 0.249 e. The van der Waals surface area contributed by atoms with Crippen LogP contribution in [0.15, 0.2) is 48.7 Å². The summed E-state index contributed by atoms with van der Waals surface area (Å²) < 4.78 is 13.7. The highest BCUT2D eigenvalue weighted by Crippen LogP contribution is 2.29. The lowest BCUT2D eigenvalue weighted by molar-refractivity contribution is 0.610. The van der Waals surface area contributed by atoms with Crippen molar-refractivity contribution in [3.63, 3.8) is 0 Å². The summed E-state index contributed by atoms with van der Waals surface area (Å²) in [6.45, 7) is 6.92. The van der Waals surface area contributed by atoms with Gasteiger partial charge in [0.1, 0.15) is 5.82 Å². The number of rotatable bonds is 7. The third kappa shape index (κ3) is 4.78. The van der Waals surface area contributed by atoms with Crippen LogP contribution in [0, 0.1) is 12.7 Å². The van der Waals surface area contributed by atoms with Crippen LogP contribution < -0.4 is 10.6 Å². The van der Waals surface area contributed by atoms with Gasteiger partial charge in [0.05, 0.1) is 6.20 Å². The van der Waals surface area contributed by atoms with E-state index in [4.69, 9.17) is 0 Å². The van der Waals surface area contributed by atoms with Crippen molar-refractivity contribution in [2.24, 2.45) is 0 Å². The van der Waals surface area contributed by atoms with Crippen LogP contribution in [0.2, 0.25) is 0 Å². The highest BCUT2D eigenvalue weighted by atomic mass is 19.1. The Morgan fingerprint density at radius 3 is 2.67 bits per heavy atom.